The molecule has 1 amide bonds. The predicted octanol–water partition coefficient (Wildman–Crippen LogP) is 2.51. The molecular formula is C18H18F3N3O4. The summed E-state index contributed by atoms with van der Waals surface area (Å²) in [6.07, 6.45) is -4.40. The maximum atomic E-state index is 12.9. The van der Waals surface area contributed by atoms with Gasteiger partial charge in [-0.25, -0.2) is 4.79 Å². The van der Waals surface area contributed by atoms with Gasteiger partial charge in [0.25, 0.3) is 5.91 Å². The van der Waals surface area contributed by atoms with Crippen LogP contribution in [-0.2, 0) is 15.7 Å². The SMILES string of the molecule is Cc1cc(C(=O)OCC(=O)N2CCN(c3cccc(C(F)(F)F)c3)CC2)on1. The fraction of sp³-hybridized carbons (Fsp3) is 0.389. The van der Waals surface area contributed by atoms with Crippen molar-refractivity contribution in [1.82, 2.24) is 10.1 Å². The Morgan fingerprint density at radius 3 is 2.50 bits per heavy atom. The molecule has 1 aliphatic rings. The second kappa shape index (κ2) is 7.91. The third-order valence-electron chi connectivity index (χ3n) is 4.33. The van der Waals surface area contributed by atoms with Gasteiger partial charge in [-0.1, -0.05) is 11.2 Å². The normalized spacial score (nSPS) is 14.9. The van der Waals surface area contributed by atoms with E-state index in [0.29, 0.717) is 37.6 Å². The highest BCUT2D eigenvalue weighted by molar-refractivity contribution is 5.88. The molecule has 0 saturated carbocycles. The largest absolute Gasteiger partial charge is 0.450 e. The molecule has 7 nitrogen and oxygen atoms in total. The van der Waals surface area contributed by atoms with Crippen LogP contribution in [0.3, 0.4) is 0 Å². The average molecular weight is 397 g/mol. The molecule has 1 fully saturated rings. The highest BCUT2D eigenvalue weighted by Gasteiger charge is 2.31. The summed E-state index contributed by atoms with van der Waals surface area (Å²) in [5.41, 5.74) is 0.260. The van der Waals surface area contributed by atoms with Crippen LogP contribution in [0.25, 0.3) is 0 Å². The molecule has 3 rings (SSSR count). The quantitative estimate of drug-likeness (QED) is 0.738. The topological polar surface area (TPSA) is 75.9 Å². The van der Waals surface area contributed by atoms with Crippen LogP contribution in [0, 0.1) is 6.92 Å². The number of aryl methyl sites for hydroxylation is 1. The predicted molar refractivity (Wildman–Crippen MR) is 91.8 cm³/mol. The van der Waals surface area contributed by atoms with E-state index in [1.54, 1.807) is 17.9 Å². The van der Waals surface area contributed by atoms with E-state index in [2.05, 4.69) is 5.16 Å². The molecule has 10 heteroatoms. The smallest absolute Gasteiger partial charge is 0.416 e. The molecule has 0 N–H and O–H groups in total. The number of halogens is 3. The van der Waals surface area contributed by atoms with Crippen molar-refractivity contribution in [1.29, 1.82) is 0 Å². The first kappa shape index (κ1) is 19.7. The molecule has 28 heavy (non-hydrogen) atoms. The summed E-state index contributed by atoms with van der Waals surface area (Å²) >= 11 is 0. The van der Waals surface area contributed by atoms with E-state index < -0.39 is 24.3 Å². The van der Waals surface area contributed by atoms with Crippen LogP contribution in [-0.4, -0.2) is 54.7 Å². The maximum Gasteiger partial charge on any atom is 0.416 e. The molecule has 0 bridgehead atoms. The highest BCUT2D eigenvalue weighted by atomic mass is 19.4. The number of carbonyl (C=O) groups is 2. The number of hydrogen-bond donors (Lipinski definition) is 0. The minimum atomic E-state index is -4.40. The van der Waals surface area contributed by atoms with E-state index in [4.69, 9.17) is 9.26 Å². The van der Waals surface area contributed by atoms with Gasteiger partial charge in [0, 0.05) is 37.9 Å². The Balaban J connectivity index is 1.51. The summed E-state index contributed by atoms with van der Waals surface area (Å²) in [5.74, 6) is -1.25. The lowest BCUT2D eigenvalue weighted by Crippen LogP contribution is -2.50. The molecule has 0 aliphatic carbocycles. The van der Waals surface area contributed by atoms with Crippen molar-refractivity contribution in [3.63, 3.8) is 0 Å². The van der Waals surface area contributed by atoms with Crippen LogP contribution < -0.4 is 4.90 Å². The Morgan fingerprint density at radius 2 is 1.89 bits per heavy atom. The van der Waals surface area contributed by atoms with Gasteiger partial charge in [0.15, 0.2) is 6.61 Å². The molecule has 150 valence electrons. The molecule has 0 unspecified atom stereocenters. The first-order chi connectivity index (χ1) is 13.2. The Hall–Kier alpha value is -3.04. The van der Waals surface area contributed by atoms with Crippen molar-refractivity contribution >= 4 is 17.6 Å². The Kier molecular flexibility index (Phi) is 5.57. The summed E-state index contributed by atoms with van der Waals surface area (Å²) < 4.78 is 48.2. The van der Waals surface area contributed by atoms with Gasteiger partial charge in [-0.05, 0) is 25.1 Å². The number of piperazine rings is 1. The van der Waals surface area contributed by atoms with Crippen LogP contribution in [0.5, 0.6) is 0 Å². The Morgan fingerprint density at radius 1 is 1.18 bits per heavy atom. The van der Waals surface area contributed by atoms with E-state index in [1.165, 1.54) is 17.0 Å². The van der Waals surface area contributed by atoms with Crippen LogP contribution in [0.2, 0.25) is 0 Å². The van der Waals surface area contributed by atoms with Crippen LogP contribution in [0.1, 0.15) is 21.8 Å². The van der Waals surface area contributed by atoms with E-state index in [0.717, 1.165) is 12.1 Å². The Bertz CT molecular complexity index is 858. The first-order valence-corrected chi connectivity index (χ1v) is 8.54. The van der Waals surface area contributed by atoms with Gasteiger partial charge < -0.3 is 19.1 Å². The molecule has 2 aromatic rings. The average Bonchev–Trinajstić information content (AvgIpc) is 3.12. The zero-order chi connectivity index (χ0) is 20.3. The summed E-state index contributed by atoms with van der Waals surface area (Å²) in [4.78, 5) is 27.3. The number of ether oxygens (including phenoxy) is 1. The minimum Gasteiger partial charge on any atom is -0.450 e. The van der Waals surface area contributed by atoms with Gasteiger partial charge in [0.1, 0.15) is 0 Å². The fourth-order valence-corrected chi connectivity index (χ4v) is 2.84. The lowest BCUT2D eigenvalue weighted by atomic mass is 10.1. The zero-order valence-electron chi connectivity index (χ0n) is 15.0. The van der Waals surface area contributed by atoms with Gasteiger partial charge >= 0.3 is 12.1 Å². The summed E-state index contributed by atoms with van der Waals surface area (Å²) in [7, 11) is 0. The third kappa shape index (κ3) is 4.62. The number of anilines is 1. The molecule has 1 aliphatic heterocycles. The standard InChI is InChI=1S/C18H18F3N3O4/c1-12-9-15(28-22-12)17(26)27-11-16(25)24-7-5-23(6-8-24)14-4-2-3-13(10-14)18(19,20)21/h2-4,9-10H,5-8,11H2,1H3. The third-order valence-corrected chi connectivity index (χ3v) is 4.33. The zero-order valence-corrected chi connectivity index (χ0v) is 15.0. The van der Waals surface area contributed by atoms with Gasteiger partial charge in [0.2, 0.25) is 5.76 Å². The van der Waals surface area contributed by atoms with E-state index in [1.807, 2.05) is 0 Å². The second-order valence-electron chi connectivity index (χ2n) is 6.32. The molecular weight excluding hydrogens is 379 g/mol. The maximum absolute atomic E-state index is 12.9. The van der Waals surface area contributed by atoms with Crippen molar-refractivity contribution in [2.24, 2.45) is 0 Å². The number of carbonyl (C=O) groups excluding carboxylic acids is 2. The number of hydrogen-bond acceptors (Lipinski definition) is 6. The van der Waals surface area contributed by atoms with Crippen molar-refractivity contribution in [3.05, 3.63) is 47.3 Å². The number of rotatable bonds is 4. The van der Waals surface area contributed by atoms with Gasteiger partial charge in [-0.3, -0.25) is 4.79 Å². The summed E-state index contributed by atoms with van der Waals surface area (Å²) in [6.45, 7) is 2.59. The number of aromatic nitrogens is 1. The molecule has 1 aromatic carbocycles. The number of alkyl halides is 3. The van der Waals surface area contributed by atoms with Crippen molar-refractivity contribution < 1.29 is 32.0 Å². The summed E-state index contributed by atoms with van der Waals surface area (Å²) in [5, 5.41) is 3.57. The number of esters is 1. The molecule has 1 saturated heterocycles. The molecule has 0 radical (unpaired) electrons. The monoisotopic (exact) mass is 397 g/mol. The lowest BCUT2D eigenvalue weighted by Gasteiger charge is -2.36. The van der Waals surface area contributed by atoms with Crippen LogP contribution >= 0.6 is 0 Å². The van der Waals surface area contributed by atoms with Crippen molar-refractivity contribution in [3.8, 4) is 0 Å². The molecule has 0 atom stereocenters. The van der Waals surface area contributed by atoms with Gasteiger partial charge in [0.05, 0.1) is 11.3 Å². The number of amides is 1. The van der Waals surface area contributed by atoms with Crippen LogP contribution in [0.15, 0.2) is 34.9 Å². The molecule has 1 aromatic heterocycles. The summed E-state index contributed by atoms with van der Waals surface area (Å²) in [6, 6.07) is 6.49. The molecule has 2 heterocycles. The Labute approximate surface area is 158 Å². The lowest BCUT2D eigenvalue weighted by molar-refractivity contribution is -0.137. The number of benzene rings is 1. The van der Waals surface area contributed by atoms with Gasteiger partial charge in [-0.15, -0.1) is 0 Å². The van der Waals surface area contributed by atoms with Crippen LogP contribution in [0.4, 0.5) is 18.9 Å². The molecule has 0 spiro atoms. The number of nitrogens with zero attached hydrogens (tertiary/aromatic N) is 3. The minimum absolute atomic E-state index is 0.0836. The fourth-order valence-electron chi connectivity index (χ4n) is 2.84. The van der Waals surface area contributed by atoms with Gasteiger partial charge in [-0.2, -0.15) is 13.2 Å². The van der Waals surface area contributed by atoms with Crippen molar-refractivity contribution in [2.45, 2.75) is 13.1 Å². The van der Waals surface area contributed by atoms with E-state index >= 15 is 0 Å². The van der Waals surface area contributed by atoms with E-state index in [9.17, 15) is 22.8 Å². The highest BCUT2D eigenvalue weighted by Crippen LogP contribution is 2.31. The van der Waals surface area contributed by atoms with Crippen molar-refractivity contribution in [2.75, 3.05) is 37.7 Å². The first-order valence-electron chi connectivity index (χ1n) is 8.54. The second-order valence-corrected chi connectivity index (χ2v) is 6.32. The van der Waals surface area contributed by atoms with E-state index in [-0.39, 0.29) is 11.7 Å².